The normalized spacial score (nSPS) is 13.1. The first-order chi connectivity index (χ1) is 13.6. The van der Waals surface area contributed by atoms with Crippen molar-refractivity contribution in [2.45, 2.75) is 37.5 Å². The smallest absolute Gasteiger partial charge is 0.311 e. The SMILES string of the molecule is CCCCCC(=O)OC1=C(C(=O)Nc2ccccn2)N(C)Sc2ccccc21. The van der Waals surface area contributed by atoms with Gasteiger partial charge in [-0.15, -0.1) is 0 Å². The average molecular weight is 398 g/mol. The molecule has 3 rings (SSSR count). The number of benzene rings is 1. The van der Waals surface area contributed by atoms with Crippen LogP contribution in [0.2, 0.25) is 0 Å². The van der Waals surface area contributed by atoms with Crippen LogP contribution in [-0.2, 0) is 14.3 Å². The molecule has 0 saturated heterocycles. The molecule has 0 saturated carbocycles. The standard InChI is InChI=1S/C21H23N3O3S/c1-3-4-5-13-18(25)27-20-15-10-6-7-11-16(15)28-24(2)19(20)21(26)23-17-12-8-9-14-22-17/h6-12,14H,3-5,13H2,1-2H3,(H,22,23,26). The van der Waals surface area contributed by atoms with Crippen LogP contribution in [0.25, 0.3) is 5.76 Å². The van der Waals surface area contributed by atoms with E-state index in [0.29, 0.717) is 12.2 Å². The number of anilines is 1. The van der Waals surface area contributed by atoms with E-state index in [1.807, 2.05) is 24.3 Å². The molecule has 28 heavy (non-hydrogen) atoms. The van der Waals surface area contributed by atoms with Gasteiger partial charge in [0, 0.05) is 30.1 Å². The van der Waals surface area contributed by atoms with Crippen molar-refractivity contribution in [3.63, 3.8) is 0 Å². The molecule has 1 aromatic heterocycles. The van der Waals surface area contributed by atoms with Gasteiger partial charge in [0.15, 0.2) is 11.5 Å². The summed E-state index contributed by atoms with van der Waals surface area (Å²) in [5.74, 6) is 0.0129. The lowest BCUT2D eigenvalue weighted by atomic mass is 10.1. The van der Waals surface area contributed by atoms with Crippen molar-refractivity contribution in [2.75, 3.05) is 12.4 Å². The van der Waals surface area contributed by atoms with Gasteiger partial charge in [-0.3, -0.25) is 9.59 Å². The summed E-state index contributed by atoms with van der Waals surface area (Å²) in [7, 11) is 1.78. The lowest BCUT2D eigenvalue weighted by Gasteiger charge is -2.29. The topological polar surface area (TPSA) is 71.5 Å². The Kier molecular flexibility index (Phi) is 6.71. The van der Waals surface area contributed by atoms with Crippen molar-refractivity contribution in [3.8, 4) is 0 Å². The highest BCUT2D eigenvalue weighted by molar-refractivity contribution is 7.97. The maximum atomic E-state index is 13.0. The molecule has 0 radical (unpaired) electrons. The van der Waals surface area contributed by atoms with Crippen molar-refractivity contribution in [1.29, 1.82) is 0 Å². The maximum Gasteiger partial charge on any atom is 0.311 e. The first kappa shape index (κ1) is 19.9. The molecule has 7 heteroatoms. The number of carbonyl (C=O) groups is 2. The molecule has 0 spiro atoms. The molecular weight excluding hydrogens is 374 g/mol. The van der Waals surface area contributed by atoms with E-state index < -0.39 is 0 Å². The van der Waals surface area contributed by atoms with E-state index in [-0.39, 0.29) is 23.3 Å². The average Bonchev–Trinajstić information content (AvgIpc) is 2.69. The van der Waals surface area contributed by atoms with Crippen LogP contribution in [0.4, 0.5) is 5.82 Å². The van der Waals surface area contributed by atoms with Crippen LogP contribution in [0.3, 0.4) is 0 Å². The van der Waals surface area contributed by atoms with E-state index in [1.165, 1.54) is 11.9 Å². The maximum absolute atomic E-state index is 13.0. The molecule has 1 aliphatic rings. The van der Waals surface area contributed by atoms with Gasteiger partial charge in [0.1, 0.15) is 5.82 Å². The Morgan fingerprint density at radius 2 is 1.93 bits per heavy atom. The van der Waals surface area contributed by atoms with Gasteiger partial charge in [-0.05, 0) is 42.6 Å². The Bertz CT molecular complexity index is 883. The number of nitrogens with zero attached hydrogens (tertiary/aromatic N) is 2. The third-order valence-electron chi connectivity index (χ3n) is 4.22. The molecule has 0 unspecified atom stereocenters. The Labute approximate surface area is 169 Å². The molecule has 0 aliphatic carbocycles. The molecule has 1 N–H and O–H groups in total. The number of rotatable bonds is 7. The number of carbonyl (C=O) groups excluding carboxylic acids is 2. The predicted molar refractivity (Wildman–Crippen MR) is 110 cm³/mol. The molecule has 2 aromatic rings. The minimum absolute atomic E-state index is 0.284. The molecular formula is C21H23N3O3S. The van der Waals surface area contributed by atoms with Crippen LogP contribution >= 0.6 is 11.9 Å². The third kappa shape index (κ3) is 4.72. The lowest BCUT2D eigenvalue weighted by Crippen LogP contribution is -2.29. The fourth-order valence-electron chi connectivity index (χ4n) is 2.84. The zero-order chi connectivity index (χ0) is 19.9. The number of likely N-dealkylation sites (N-methyl/N-ethyl adjacent to an activating group) is 1. The third-order valence-corrected chi connectivity index (χ3v) is 5.23. The van der Waals surface area contributed by atoms with E-state index >= 15 is 0 Å². The van der Waals surface area contributed by atoms with Crippen molar-refractivity contribution >= 4 is 35.4 Å². The van der Waals surface area contributed by atoms with Crippen LogP contribution in [0, 0.1) is 0 Å². The minimum Gasteiger partial charge on any atom is -0.423 e. The number of ether oxygens (including phenoxy) is 1. The van der Waals surface area contributed by atoms with E-state index in [0.717, 1.165) is 29.7 Å². The summed E-state index contributed by atoms with van der Waals surface area (Å²) in [6.07, 6.45) is 4.69. The Hall–Kier alpha value is -2.80. The number of amides is 1. The zero-order valence-electron chi connectivity index (χ0n) is 16.0. The molecule has 1 aliphatic heterocycles. The number of fused-ring (bicyclic) bond motifs is 1. The molecule has 6 nitrogen and oxygen atoms in total. The predicted octanol–water partition coefficient (Wildman–Crippen LogP) is 4.46. The zero-order valence-corrected chi connectivity index (χ0v) is 16.8. The van der Waals surface area contributed by atoms with Crippen molar-refractivity contribution in [3.05, 3.63) is 59.9 Å². The second kappa shape index (κ2) is 9.41. The number of hydrogen-bond acceptors (Lipinski definition) is 6. The van der Waals surface area contributed by atoms with Crippen LogP contribution in [0.15, 0.2) is 59.3 Å². The fourth-order valence-corrected chi connectivity index (χ4v) is 3.79. The molecule has 2 heterocycles. The van der Waals surface area contributed by atoms with Gasteiger partial charge in [-0.25, -0.2) is 4.98 Å². The summed E-state index contributed by atoms with van der Waals surface area (Å²) < 4.78 is 7.43. The lowest BCUT2D eigenvalue weighted by molar-refractivity contribution is -0.136. The van der Waals surface area contributed by atoms with Crippen LogP contribution in [-0.4, -0.2) is 28.2 Å². The number of nitrogens with one attached hydrogen (secondary N) is 1. The highest BCUT2D eigenvalue weighted by Crippen LogP contribution is 2.40. The van der Waals surface area contributed by atoms with E-state index in [4.69, 9.17) is 4.74 Å². The largest absolute Gasteiger partial charge is 0.423 e. The summed E-state index contributed by atoms with van der Waals surface area (Å²) in [6, 6.07) is 12.9. The number of pyridine rings is 1. The Balaban J connectivity index is 1.93. The molecule has 1 aromatic carbocycles. The Morgan fingerprint density at radius 3 is 2.68 bits per heavy atom. The number of hydrogen-bond donors (Lipinski definition) is 1. The van der Waals surface area contributed by atoms with Gasteiger partial charge in [-0.2, -0.15) is 0 Å². The van der Waals surface area contributed by atoms with Gasteiger partial charge < -0.3 is 14.4 Å². The van der Waals surface area contributed by atoms with Gasteiger partial charge in [0.05, 0.1) is 0 Å². The van der Waals surface area contributed by atoms with Gasteiger partial charge in [0.25, 0.3) is 5.91 Å². The molecule has 0 bridgehead atoms. The van der Waals surface area contributed by atoms with Crippen LogP contribution in [0.5, 0.6) is 0 Å². The first-order valence-corrected chi connectivity index (χ1v) is 10.1. The second-order valence-electron chi connectivity index (χ2n) is 6.36. The first-order valence-electron chi connectivity index (χ1n) is 9.28. The monoisotopic (exact) mass is 397 g/mol. The van der Waals surface area contributed by atoms with Crippen molar-refractivity contribution in [2.24, 2.45) is 0 Å². The van der Waals surface area contributed by atoms with Crippen LogP contribution in [0.1, 0.15) is 38.2 Å². The quantitative estimate of drug-likeness (QED) is 0.422. The molecule has 1 amide bonds. The van der Waals surface area contributed by atoms with E-state index in [9.17, 15) is 9.59 Å². The highest BCUT2D eigenvalue weighted by Gasteiger charge is 2.31. The number of esters is 1. The van der Waals surface area contributed by atoms with Crippen molar-refractivity contribution in [1.82, 2.24) is 9.29 Å². The fraction of sp³-hybridized carbons (Fsp3) is 0.286. The van der Waals surface area contributed by atoms with Gasteiger partial charge in [-0.1, -0.05) is 38.0 Å². The summed E-state index contributed by atoms with van der Waals surface area (Å²) in [6.45, 7) is 2.08. The summed E-state index contributed by atoms with van der Waals surface area (Å²) in [5.41, 5.74) is 1.03. The van der Waals surface area contributed by atoms with E-state index in [1.54, 1.807) is 35.7 Å². The summed E-state index contributed by atoms with van der Waals surface area (Å²) >= 11 is 1.41. The summed E-state index contributed by atoms with van der Waals surface area (Å²) in [5, 5.41) is 2.77. The van der Waals surface area contributed by atoms with Gasteiger partial charge >= 0.3 is 5.97 Å². The highest BCUT2D eigenvalue weighted by atomic mass is 32.2. The number of aromatic nitrogens is 1. The second-order valence-corrected chi connectivity index (χ2v) is 7.53. The van der Waals surface area contributed by atoms with Gasteiger partial charge in [0.2, 0.25) is 0 Å². The van der Waals surface area contributed by atoms with E-state index in [2.05, 4.69) is 17.2 Å². The molecule has 0 fully saturated rings. The minimum atomic E-state index is -0.375. The molecule has 146 valence electrons. The van der Waals surface area contributed by atoms with Crippen LogP contribution < -0.4 is 5.32 Å². The number of unbranched alkanes of at least 4 members (excludes halogenated alkanes) is 2. The van der Waals surface area contributed by atoms with Crippen molar-refractivity contribution < 1.29 is 14.3 Å². The molecule has 0 atom stereocenters. The summed E-state index contributed by atoms with van der Waals surface area (Å²) in [4.78, 5) is 30.4. The Morgan fingerprint density at radius 1 is 1.14 bits per heavy atom.